The van der Waals surface area contributed by atoms with Gasteiger partial charge in [-0.2, -0.15) is 5.26 Å². The lowest BCUT2D eigenvalue weighted by molar-refractivity contribution is 0.305. The van der Waals surface area contributed by atoms with Crippen molar-refractivity contribution in [2.75, 3.05) is 5.73 Å². The highest BCUT2D eigenvalue weighted by Crippen LogP contribution is 2.23. The van der Waals surface area contributed by atoms with E-state index in [2.05, 4.69) is 15.9 Å². The largest absolute Gasteiger partial charge is 0.488 e. The Balaban J connectivity index is 2.14. The summed E-state index contributed by atoms with van der Waals surface area (Å²) in [4.78, 5) is 0. The van der Waals surface area contributed by atoms with Crippen LogP contribution in [-0.2, 0) is 6.61 Å². The molecule has 0 saturated carbocycles. The van der Waals surface area contributed by atoms with Crippen LogP contribution < -0.4 is 10.5 Å². The van der Waals surface area contributed by atoms with Gasteiger partial charge < -0.3 is 10.5 Å². The summed E-state index contributed by atoms with van der Waals surface area (Å²) in [6.07, 6.45) is 0. The van der Waals surface area contributed by atoms with Crippen LogP contribution in [0.1, 0.15) is 11.1 Å². The Morgan fingerprint density at radius 1 is 1.26 bits per heavy atom. The summed E-state index contributed by atoms with van der Waals surface area (Å²) in [5.41, 5.74) is 7.28. The van der Waals surface area contributed by atoms with Crippen LogP contribution in [0.15, 0.2) is 40.9 Å². The number of halogens is 2. The van der Waals surface area contributed by atoms with E-state index in [0.29, 0.717) is 21.5 Å². The monoisotopic (exact) mass is 320 g/mol. The first-order valence-electron chi connectivity index (χ1n) is 5.46. The summed E-state index contributed by atoms with van der Waals surface area (Å²) >= 11 is 3.11. The molecule has 19 heavy (non-hydrogen) atoms. The zero-order chi connectivity index (χ0) is 13.8. The Labute approximate surface area is 118 Å². The van der Waals surface area contributed by atoms with Gasteiger partial charge in [-0.25, -0.2) is 4.39 Å². The lowest BCUT2D eigenvalue weighted by atomic mass is 10.2. The normalized spacial score (nSPS) is 9.95. The summed E-state index contributed by atoms with van der Waals surface area (Å²) in [7, 11) is 0. The lowest BCUT2D eigenvalue weighted by Gasteiger charge is -2.09. The fraction of sp³-hybridized carbons (Fsp3) is 0.0714. The minimum Gasteiger partial charge on any atom is -0.488 e. The summed E-state index contributed by atoms with van der Waals surface area (Å²) < 4.78 is 19.0. The van der Waals surface area contributed by atoms with Crippen molar-refractivity contribution < 1.29 is 9.13 Å². The first-order chi connectivity index (χ1) is 9.10. The third kappa shape index (κ3) is 3.24. The van der Waals surface area contributed by atoms with Crippen molar-refractivity contribution in [1.82, 2.24) is 0 Å². The third-order valence-electron chi connectivity index (χ3n) is 2.50. The molecule has 0 radical (unpaired) electrons. The second-order valence-corrected chi connectivity index (χ2v) is 4.76. The summed E-state index contributed by atoms with van der Waals surface area (Å²) in [6.45, 7) is 0.247. The van der Waals surface area contributed by atoms with E-state index in [1.165, 1.54) is 6.07 Å². The number of nitrogen functional groups attached to an aromatic ring is 1. The van der Waals surface area contributed by atoms with Crippen molar-refractivity contribution in [3.63, 3.8) is 0 Å². The molecule has 0 aliphatic rings. The van der Waals surface area contributed by atoms with Gasteiger partial charge in [0, 0.05) is 5.69 Å². The number of anilines is 1. The van der Waals surface area contributed by atoms with E-state index in [0.717, 1.165) is 5.56 Å². The molecular formula is C14H10BrFN2O. The van der Waals surface area contributed by atoms with Gasteiger partial charge in [0.25, 0.3) is 0 Å². The number of benzene rings is 2. The summed E-state index contributed by atoms with van der Waals surface area (Å²) in [5.74, 6) is 0.131. The highest BCUT2D eigenvalue weighted by molar-refractivity contribution is 9.10. The van der Waals surface area contributed by atoms with E-state index in [1.54, 1.807) is 30.3 Å². The molecular weight excluding hydrogens is 311 g/mol. The van der Waals surface area contributed by atoms with Crippen molar-refractivity contribution in [3.05, 3.63) is 57.8 Å². The molecule has 5 heteroatoms. The Hall–Kier alpha value is -2.06. The SMILES string of the molecule is N#Cc1cc(N)ccc1OCc1ccc(F)c(Br)c1. The Bertz CT molecular complexity index is 652. The molecule has 2 rings (SSSR count). The molecule has 0 bridgehead atoms. The zero-order valence-corrected chi connectivity index (χ0v) is 11.4. The molecule has 0 heterocycles. The van der Waals surface area contributed by atoms with E-state index in [4.69, 9.17) is 15.7 Å². The fourth-order valence-electron chi connectivity index (χ4n) is 1.55. The number of nitriles is 1. The van der Waals surface area contributed by atoms with Crippen LogP contribution >= 0.6 is 15.9 Å². The van der Waals surface area contributed by atoms with E-state index in [9.17, 15) is 4.39 Å². The Morgan fingerprint density at radius 3 is 2.74 bits per heavy atom. The molecule has 96 valence electrons. The predicted octanol–water partition coefficient (Wildman–Crippen LogP) is 3.62. The van der Waals surface area contributed by atoms with Gasteiger partial charge >= 0.3 is 0 Å². The molecule has 0 spiro atoms. The molecule has 2 N–H and O–H groups in total. The molecule has 2 aromatic carbocycles. The van der Waals surface area contributed by atoms with E-state index >= 15 is 0 Å². The van der Waals surface area contributed by atoms with Crippen molar-refractivity contribution in [2.24, 2.45) is 0 Å². The van der Waals surface area contributed by atoms with Gasteiger partial charge in [-0.15, -0.1) is 0 Å². The molecule has 0 atom stereocenters. The quantitative estimate of drug-likeness (QED) is 0.879. The van der Waals surface area contributed by atoms with Gasteiger partial charge in [0.1, 0.15) is 24.2 Å². The first-order valence-corrected chi connectivity index (χ1v) is 6.26. The Morgan fingerprint density at radius 2 is 2.05 bits per heavy atom. The maximum atomic E-state index is 13.1. The van der Waals surface area contributed by atoms with E-state index in [-0.39, 0.29) is 12.4 Å². The standard InChI is InChI=1S/C14H10BrFN2O/c15-12-5-9(1-3-13(12)16)8-19-14-4-2-11(18)6-10(14)7-17/h1-6H,8,18H2. The molecule has 0 amide bonds. The van der Waals surface area contributed by atoms with Gasteiger partial charge in [0.15, 0.2) is 0 Å². The van der Waals surface area contributed by atoms with Crippen LogP contribution in [0.5, 0.6) is 5.75 Å². The summed E-state index contributed by atoms with van der Waals surface area (Å²) in [6, 6.07) is 11.5. The lowest BCUT2D eigenvalue weighted by Crippen LogP contribution is -1.98. The number of ether oxygens (including phenoxy) is 1. The van der Waals surface area contributed by atoms with Crippen LogP contribution in [0.3, 0.4) is 0 Å². The molecule has 3 nitrogen and oxygen atoms in total. The molecule has 0 aliphatic carbocycles. The average molecular weight is 321 g/mol. The Kier molecular flexibility index (Phi) is 4.03. The molecule has 0 fully saturated rings. The molecule has 0 aliphatic heterocycles. The maximum absolute atomic E-state index is 13.1. The minimum atomic E-state index is -0.325. The van der Waals surface area contributed by atoms with Gasteiger partial charge in [0.05, 0.1) is 10.0 Å². The highest BCUT2D eigenvalue weighted by Gasteiger charge is 2.05. The van der Waals surface area contributed by atoms with Crippen molar-refractivity contribution >= 4 is 21.6 Å². The molecule has 2 aromatic rings. The zero-order valence-electron chi connectivity index (χ0n) is 9.86. The predicted molar refractivity (Wildman–Crippen MR) is 74.0 cm³/mol. The van der Waals surface area contributed by atoms with E-state index in [1.807, 2.05) is 6.07 Å². The molecule has 0 unspecified atom stereocenters. The van der Waals surface area contributed by atoms with Crippen molar-refractivity contribution in [3.8, 4) is 11.8 Å². The van der Waals surface area contributed by atoms with Crippen LogP contribution in [0.2, 0.25) is 0 Å². The van der Waals surface area contributed by atoms with Crippen LogP contribution in [0.25, 0.3) is 0 Å². The smallest absolute Gasteiger partial charge is 0.137 e. The number of rotatable bonds is 3. The van der Waals surface area contributed by atoms with Crippen molar-refractivity contribution in [2.45, 2.75) is 6.61 Å². The van der Waals surface area contributed by atoms with Crippen LogP contribution in [-0.4, -0.2) is 0 Å². The van der Waals surface area contributed by atoms with E-state index < -0.39 is 0 Å². The van der Waals surface area contributed by atoms with Gasteiger partial charge in [-0.1, -0.05) is 6.07 Å². The van der Waals surface area contributed by atoms with Gasteiger partial charge in [0.2, 0.25) is 0 Å². The molecule has 0 aromatic heterocycles. The summed E-state index contributed by atoms with van der Waals surface area (Å²) in [5, 5.41) is 8.98. The number of nitrogens with zero attached hydrogens (tertiary/aromatic N) is 1. The second kappa shape index (κ2) is 5.72. The topological polar surface area (TPSA) is 59.0 Å². The van der Waals surface area contributed by atoms with Crippen LogP contribution in [0.4, 0.5) is 10.1 Å². The van der Waals surface area contributed by atoms with Crippen LogP contribution in [0, 0.1) is 17.1 Å². The first kappa shape index (κ1) is 13.4. The highest BCUT2D eigenvalue weighted by atomic mass is 79.9. The number of nitrogens with two attached hydrogens (primary N) is 1. The van der Waals surface area contributed by atoms with Gasteiger partial charge in [-0.3, -0.25) is 0 Å². The number of hydrogen-bond acceptors (Lipinski definition) is 3. The fourth-order valence-corrected chi connectivity index (χ4v) is 1.98. The average Bonchev–Trinajstić information content (AvgIpc) is 2.41. The van der Waals surface area contributed by atoms with Crippen molar-refractivity contribution in [1.29, 1.82) is 5.26 Å². The minimum absolute atomic E-state index is 0.247. The van der Waals surface area contributed by atoms with Gasteiger partial charge in [-0.05, 0) is 51.8 Å². The molecule has 0 saturated heterocycles. The number of hydrogen-bond donors (Lipinski definition) is 1. The second-order valence-electron chi connectivity index (χ2n) is 3.90. The maximum Gasteiger partial charge on any atom is 0.137 e. The third-order valence-corrected chi connectivity index (χ3v) is 3.11.